The SMILES string of the molecule is N=C1C(=C(O)c2ccccc2)[C@@H](c2ccc(Br)cc2)C2=C(CCCC2=O)N1c1ccccc1. The lowest BCUT2D eigenvalue weighted by Gasteiger charge is -2.41. The Morgan fingerprint density at radius 1 is 0.909 bits per heavy atom. The fourth-order valence-corrected chi connectivity index (χ4v) is 5.06. The molecule has 0 radical (unpaired) electrons. The summed E-state index contributed by atoms with van der Waals surface area (Å²) in [6, 6.07) is 26.7. The molecule has 0 saturated heterocycles. The van der Waals surface area contributed by atoms with E-state index in [0.29, 0.717) is 29.6 Å². The molecule has 0 bridgehead atoms. The van der Waals surface area contributed by atoms with Gasteiger partial charge >= 0.3 is 0 Å². The number of aliphatic hydroxyl groups excluding tert-OH is 1. The van der Waals surface area contributed by atoms with Gasteiger partial charge in [0.25, 0.3) is 0 Å². The maximum Gasteiger partial charge on any atom is 0.161 e. The van der Waals surface area contributed by atoms with E-state index < -0.39 is 5.92 Å². The van der Waals surface area contributed by atoms with Gasteiger partial charge in [-0.1, -0.05) is 76.6 Å². The van der Waals surface area contributed by atoms with E-state index in [0.717, 1.165) is 27.8 Å². The molecule has 3 aromatic rings. The van der Waals surface area contributed by atoms with Crippen LogP contribution in [0.4, 0.5) is 5.69 Å². The van der Waals surface area contributed by atoms with E-state index >= 15 is 0 Å². The number of allylic oxidation sites excluding steroid dienone is 2. The van der Waals surface area contributed by atoms with Gasteiger partial charge in [0.1, 0.15) is 11.6 Å². The lowest BCUT2D eigenvalue weighted by atomic mass is 9.73. The van der Waals surface area contributed by atoms with E-state index in [1.165, 1.54) is 0 Å². The van der Waals surface area contributed by atoms with Crippen LogP contribution in [0.1, 0.15) is 36.3 Å². The van der Waals surface area contributed by atoms with Crippen LogP contribution in [0.5, 0.6) is 0 Å². The Morgan fingerprint density at radius 3 is 2.21 bits per heavy atom. The summed E-state index contributed by atoms with van der Waals surface area (Å²) in [4.78, 5) is 15.2. The third kappa shape index (κ3) is 3.83. The molecule has 4 nitrogen and oxygen atoms in total. The van der Waals surface area contributed by atoms with Crippen molar-refractivity contribution in [1.82, 2.24) is 0 Å². The normalized spacial score (nSPS) is 20.0. The fourth-order valence-electron chi connectivity index (χ4n) is 4.79. The Hall–Kier alpha value is -3.44. The van der Waals surface area contributed by atoms with Crippen LogP contribution in [0, 0.1) is 5.41 Å². The molecule has 2 N–H and O–H groups in total. The second-order valence-corrected chi connectivity index (χ2v) is 9.19. The average molecular weight is 499 g/mol. The van der Waals surface area contributed by atoms with Crippen molar-refractivity contribution in [3.8, 4) is 0 Å². The number of anilines is 1. The minimum absolute atomic E-state index is 0.0272. The maximum absolute atomic E-state index is 13.4. The largest absolute Gasteiger partial charge is 0.507 e. The lowest BCUT2D eigenvalue weighted by molar-refractivity contribution is -0.116. The van der Waals surface area contributed by atoms with Crippen molar-refractivity contribution in [3.63, 3.8) is 0 Å². The topological polar surface area (TPSA) is 64.4 Å². The number of hydrogen-bond donors (Lipinski definition) is 2. The van der Waals surface area contributed by atoms with Gasteiger partial charge < -0.3 is 5.11 Å². The number of nitrogens with one attached hydrogen (secondary N) is 1. The van der Waals surface area contributed by atoms with Crippen LogP contribution in [-0.4, -0.2) is 16.7 Å². The zero-order chi connectivity index (χ0) is 22.9. The molecular weight excluding hydrogens is 476 g/mol. The molecule has 1 heterocycles. The molecule has 0 fully saturated rings. The Balaban J connectivity index is 1.83. The Bertz CT molecular complexity index is 1280. The molecule has 5 rings (SSSR count). The monoisotopic (exact) mass is 498 g/mol. The summed E-state index contributed by atoms with van der Waals surface area (Å²) in [5.74, 6) is -0.201. The Kier molecular flexibility index (Phi) is 5.73. The highest BCUT2D eigenvalue weighted by Gasteiger charge is 2.43. The van der Waals surface area contributed by atoms with Crippen molar-refractivity contribution in [2.75, 3.05) is 4.90 Å². The van der Waals surface area contributed by atoms with Crippen molar-refractivity contribution in [3.05, 3.63) is 117 Å². The smallest absolute Gasteiger partial charge is 0.161 e. The van der Waals surface area contributed by atoms with Crippen molar-refractivity contribution >= 4 is 39.0 Å². The van der Waals surface area contributed by atoms with Gasteiger partial charge in [-0.3, -0.25) is 15.1 Å². The van der Waals surface area contributed by atoms with E-state index in [1.807, 2.05) is 89.8 Å². The molecule has 0 amide bonds. The predicted molar refractivity (Wildman–Crippen MR) is 135 cm³/mol. The number of carbonyl (C=O) groups excluding carboxylic acids is 1. The highest BCUT2D eigenvalue weighted by molar-refractivity contribution is 9.10. The van der Waals surface area contributed by atoms with Gasteiger partial charge in [0, 0.05) is 44.9 Å². The lowest BCUT2D eigenvalue weighted by Crippen LogP contribution is -2.42. The van der Waals surface area contributed by atoms with Crippen molar-refractivity contribution in [2.24, 2.45) is 0 Å². The van der Waals surface area contributed by atoms with Crippen LogP contribution in [0.3, 0.4) is 0 Å². The second-order valence-electron chi connectivity index (χ2n) is 8.27. The minimum atomic E-state index is -0.506. The highest BCUT2D eigenvalue weighted by atomic mass is 79.9. The first-order valence-electron chi connectivity index (χ1n) is 11.0. The number of nitrogens with zero attached hydrogens (tertiary/aromatic N) is 1. The van der Waals surface area contributed by atoms with Crippen LogP contribution in [-0.2, 0) is 4.79 Å². The molecule has 2 aliphatic rings. The molecule has 3 aromatic carbocycles. The van der Waals surface area contributed by atoms with Gasteiger partial charge in [0.2, 0.25) is 0 Å². The standard InChI is InChI=1S/C28H23BrN2O2/c29-20-16-14-18(15-17-20)24-25-22(12-7-13-23(25)32)31(21-10-5-2-6-11-21)28(30)26(24)27(33)19-8-3-1-4-9-19/h1-6,8-11,14-17,24,30,33H,7,12-13H2/t24-/m0/s1. The quantitative estimate of drug-likeness (QED) is 0.381. The van der Waals surface area contributed by atoms with E-state index in [-0.39, 0.29) is 17.4 Å². The molecule has 1 aliphatic carbocycles. The number of para-hydroxylation sites is 1. The molecule has 0 saturated carbocycles. The summed E-state index contributed by atoms with van der Waals surface area (Å²) >= 11 is 3.49. The Morgan fingerprint density at radius 2 is 1.55 bits per heavy atom. The third-order valence-corrected chi connectivity index (χ3v) is 6.80. The average Bonchev–Trinajstić information content (AvgIpc) is 2.85. The zero-order valence-corrected chi connectivity index (χ0v) is 19.5. The number of hydrogen-bond acceptors (Lipinski definition) is 3. The van der Waals surface area contributed by atoms with Crippen LogP contribution in [0.25, 0.3) is 5.76 Å². The number of benzene rings is 3. The molecule has 0 aromatic heterocycles. The van der Waals surface area contributed by atoms with Crippen molar-refractivity contribution in [2.45, 2.75) is 25.2 Å². The molecular formula is C28H23BrN2O2. The van der Waals surface area contributed by atoms with Crippen LogP contribution < -0.4 is 4.90 Å². The number of halogens is 1. The van der Waals surface area contributed by atoms with Gasteiger partial charge in [0.15, 0.2) is 5.78 Å². The van der Waals surface area contributed by atoms with E-state index in [4.69, 9.17) is 0 Å². The van der Waals surface area contributed by atoms with Gasteiger partial charge in [-0.05, 0) is 42.7 Å². The Labute approximate surface area is 201 Å². The number of Topliss-reactive ketones (excluding diaryl/α,β-unsaturated/α-hetero) is 1. The van der Waals surface area contributed by atoms with Crippen LogP contribution >= 0.6 is 15.9 Å². The fraction of sp³-hybridized carbons (Fsp3) is 0.143. The number of rotatable bonds is 3. The van der Waals surface area contributed by atoms with Crippen LogP contribution in [0.2, 0.25) is 0 Å². The number of ketones is 1. The van der Waals surface area contributed by atoms with Gasteiger partial charge in [0.05, 0.1) is 0 Å². The highest BCUT2D eigenvalue weighted by Crippen LogP contribution is 2.47. The summed E-state index contributed by atoms with van der Waals surface area (Å²) in [6.45, 7) is 0. The van der Waals surface area contributed by atoms with Gasteiger partial charge in [-0.2, -0.15) is 0 Å². The molecule has 1 aliphatic heterocycles. The number of aliphatic hydroxyl groups is 1. The van der Waals surface area contributed by atoms with E-state index in [1.54, 1.807) is 0 Å². The summed E-state index contributed by atoms with van der Waals surface area (Å²) in [6.07, 6.45) is 1.94. The first kappa shape index (κ1) is 21.4. The first-order valence-corrected chi connectivity index (χ1v) is 11.8. The predicted octanol–water partition coefficient (Wildman–Crippen LogP) is 7.01. The van der Waals surface area contributed by atoms with Crippen molar-refractivity contribution < 1.29 is 9.90 Å². The molecule has 5 heteroatoms. The third-order valence-electron chi connectivity index (χ3n) is 6.27. The summed E-state index contributed by atoms with van der Waals surface area (Å²) in [5, 5.41) is 20.8. The zero-order valence-electron chi connectivity index (χ0n) is 18.0. The maximum atomic E-state index is 13.4. The molecule has 164 valence electrons. The number of amidine groups is 1. The first-order chi connectivity index (χ1) is 16.1. The van der Waals surface area contributed by atoms with Crippen LogP contribution in [0.15, 0.2) is 106 Å². The van der Waals surface area contributed by atoms with Crippen molar-refractivity contribution in [1.29, 1.82) is 5.41 Å². The minimum Gasteiger partial charge on any atom is -0.507 e. The summed E-state index contributed by atoms with van der Waals surface area (Å²) in [7, 11) is 0. The van der Waals surface area contributed by atoms with E-state index in [2.05, 4.69) is 15.9 Å². The molecule has 33 heavy (non-hydrogen) atoms. The summed E-state index contributed by atoms with van der Waals surface area (Å²) < 4.78 is 0.935. The molecule has 1 atom stereocenters. The van der Waals surface area contributed by atoms with E-state index in [9.17, 15) is 15.3 Å². The molecule has 0 unspecified atom stereocenters. The van der Waals surface area contributed by atoms with Gasteiger partial charge in [-0.25, -0.2) is 0 Å². The molecule has 0 spiro atoms. The number of carbonyl (C=O) groups is 1. The second kappa shape index (κ2) is 8.83. The van der Waals surface area contributed by atoms with Gasteiger partial charge in [-0.15, -0.1) is 0 Å². The summed E-state index contributed by atoms with van der Waals surface area (Å²) in [5.41, 5.74) is 4.31.